The average molecular weight is 464 g/mol. The lowest BCUT2D eigenvalue weighted by Crippen LogP contribution is -2.41. The number of anilines is 1. The van der Waals surface area contributed by atoms with Crippen LogP contribution in [0.4, 0.5) is 9.52 Å². The van der Waals surface area contributed by atoms with E-state index in [4.69, 9.17) is 4.74 Å². The van der Waals surface area contributed by atoms with Crippen LogP contribution in [0.3, 0.4) is 0 Å². The fourth-order valence-electron chi connectivity index (χ4n) is 3.54. The Bertz CT molecular complexity index is 1190. The Balaban J connectivity index is 1.38. The molecule has 1 aliphatic heterocycles. The van der Waals surface area contributed by atoms with E-state index in [1.54, 1.807) is 0 Å². The van der Waals surface area contributed by atoms with Crippen LogP contribution in [0.15, 0.2) is 47.4 Å². The number of ether oxygens (including phenoxy) is 1. The van der Waals surface area contributed by atoms with Gasteiger partial charge in [0.25, 0.3) is 0 Å². The van der Waals surface area contributed by atoms with E-state index in [-0.39, 0.29) is 29.8 Å². The number of carbonyl (C=O) groups excluding carboxylic acids is 1. The van der Waals surface area contributed by atoms with E-state index in [1.165, 1.54) is 27.8 Å². The van der Waals surface area contributed by atoms with Crippen LogP contribution in [-0.4, -0.2) is 43.3 Å². The number of nitrogens with one attached hydrogen (secondary N) is 1. The molecule has 1 aromatic heterocycles. The van der Waals surface area contributed by atoms with Gasteiger partial charge in [0.05, 0.1) is 21.7 Å². The summed E-state index contributed by atoms with van der Waals surface area (Å²) in [6.07, 6.45) is 0.817. The van der Waals surface area contributed by atoms with E-state index in [1.807, 2.05) is 25.1 Å². The first-order valence-electron chi connectivity index (χ1n) is 9.97. The zero-order valence-electron chi connectivity index (χ0n) is 16.9. The Labute approximate surface area is 183 Å². The highest BCUT2D eigenvalue weighted by Gasteiger charge is 2.32. The largest absolute Gasteiger partial charge is 0.494 e. The molecule has 0 bridgehead atoms. The molecule has 1 fully saturated rings. The molecule has 3 aromatic rings. The lowest BCUT2D eigenvalue weighted by molar-refractivity contribution is -0.120. The van der Waals surface area contributed by atoms with Crippen molar-refractivity contribution in [2.24, 2.45) is 5.92 Å². The van der Waals surface area contributed by atoms with Gasteiger partial charge in [-0.05, 0) is 62.2 Å². The van der Waals surface area contributed by atoms with Gasteiger partial charge >= 0.3 is 0 Å². The molecule has 10 heteroatoms. The molecule has 0 spiro atoms. The maximum atomic E-state index is 13.1. The highest BCUT2D eigenvalue weighted by atomic mass is 32.2. The third-order valence-electron chi connectivity index (χ3n) is 5.18. The molecule has 0 unspecified atom stereocenters. The van der Waals surface area contributed by atoms with Crippen molar-refractivity contribution in [2.75, 3.05) is 25.0 Å². The van der Waals surface area contributed by atoms with E-state index in [2.05, 4.69) is 10.3 Å². The van der Waals surface area contributed by atoms with Gasteiger partial charge in [0.2, 0.25) is 15.9 Å². The molecule has 4 rings (SSSR count). The van der Waals surface area contributed by atoms with Gasteiger partial charge in [0.15, 0.2) is 5.13 Å². The molecule has 2 aromatic carbocycles. The Morgan fingerprint density at radius 3 is 2.61 bits per heavy atom. The molecule has 1 saturated heterocycles. The van der Waals surface area contributed by atoms with Crippen molar-refractivity contribution >= 4 is 42.6 Å². The molecule has 0 saturated carbocycles. The maximum Gasteiger partial charge on any atom is 0.243 e. The quantitative estimate of drug-likeness (QED) is 0.600. The highest BCUT2D eigenvalue weighted by Crippen LogP contribution is 2.31. The lowest BCUT2D eigenvalue weighted by atomic mass is 9.97. The van der Waals surface area contributed by atoms with Crippen LogP contribution >= 0.6 is 11.3 Å². The number of hydrogen-bond acceptors (Lipinski definition) is 6. The predicted octanol–water partition coefficient (Wildman–Crippen LogP) is 3.87. The van der Waals surface area contributed by atoms with Gasteiger partial charge in [-0.2, -0.15) is 4.31 Å². The zero-order chi connectivity index (χ0) is 22.0. The second-order valence-corrected chi connectivity index (χ2v) is 10.2. The normalized spacial score (nSPS) is 15.8. The molecular formula is C21H22FN3O4S2. The molecule has 31 heavy (non-hydrogen) atoms. The van der Waals surface area contributed by atoms with Gasteiger partial charge in [-0.1, -0.05) is 11.3 Å². The Morgan fingerprint density at radius 2 is 1.94 bits per heavy atom. The van der Waals surface area contributed by atoms with E-state index in [0.29, 0.717) is 24.6 Å². The predicted molar refractivity (Wildman–Crippen MR) is 117 cm³/mol. The summed E-state index contributed by atoms with van der Waals surface area (Å²) >= 11 is 1.37. The number of amides is 1. The van der Waals surface area contributed by atoms with Crippen molar-refractivity contribution in [2.45, 2.75) is 24.7 Å². The fraction of sp³-hybridized carbons (Fsp3) is 0.333. The number of thiazole rings is 1. The molecule has 0 aliphatic carbocycles. The number of nitrogens with zero attached hydrogens (tertiary/aromatic N) is 2. The van der Waals surface area contributed by atoms with Gasteiger partial charge < -0.3 is 10.1 Å². The van der Waals surface area contributed by atoms with Gasteiger partial charge in [0.1, 0.15) is 11.6 Å². The summed E-state index contributed by atoms with van der Waals surface area (Å²) in [5.41, 5.74) is 0.781. The third-order valence-corrected chi connectivity index (χ3v) is 8.02. The average Bonchev–Trinajstić information content (AvgIpc) is 3.16. The van der Waals surface area contributed by atoms with Crippen molar-refractivity contribution in [1.29, 1.82) is 0 Å². The molecule has 7 nitrogen and oxygen atoms in total. The summed E-state index contributed by atoms with van der Waals surface area (Å²) in [5, 5.41) is 3.37. The third kappa shape index (κ3) is 4.70. The van der Waals surface area contributed by atoms with Crippen LogP contribution < -0.4 is 10.1 Å². The SMILES string of the molecule is CCOc1ccc2nc(NC(=O)C3CCN(S(=O)(=O)c4ccc(F)cc4)CC3)sc2c1. The second kappa shape index (κ2) is 8.89. The topological polar surface area (TPSA) is 88.6 Å². The number of carbonyl (C=O) groups is 1. The minimum Gasteiger partial charge on any atom is -0.494 e. The molecule has 1 amide bonds. The summed E-state index contributed by atoms with van der Waals surface area (Å²) < 4.78 is 46.3. The zero-order valence-corrected chi connectivity index (χ0v) is 18.5. The summed E-state index contributed by atoms with van der Waals surface area (Å²) in [5.74, 6) is -0.196. The summed E-state index contributed by atoms with van der Waals surface area (Å²) in [6.45, 7) is 2.95. The van der Waals surface area contributed by atoms with Gasteiger partial charge in [-0.15, -0.1) is 0 Å². The molecule has 1 N–H and O–H groups in total. The first-order valence-corrected chi connectivity index (χ1v) is 12.2. The van der Waals surface area contributed by atoms with Crippen molar-refractivity contribution in [3.05, 3.63) is 48.3 Å². The molecule has 0 atom stereocenters. The van der Waals surface area contributed by atoms with Crippen LogP contribution in [-0.2, 0) is 14.8 Å². The van der Waals surface area contributed by atoms with Crippen LogP contribution in [0.2, 0.25) is 0 Å². The number of rotatable bonds is 6. The van der Waals surface area contributed by atoms with E-state index < -0.39 is 15.8 Å². The standard InChI is InChI=1S/C21H22FN3O4S2/c1-2-29-16-5-8-18-19(13-16)30-21(23-18)24-20(26)14-9-11-25(12-10-14)31(27,28)17-6-3-15(22)4-7-17/h3-8,13-14H,2,9-12H2,1H3,(H,23,24,26). The fourth-order valence-corrected chi connectivity index (χ4v) is 5.90. The van der Waals surface area contributed by atoms with E-state index >= 15 is 0 Å². The molecule has 164 valence electrons. The molecule has 0 radical (unpaired) electrons. The number of piperidine rings is 1. The van der Waals surface area contributed by atoms with E-state index in [9.17, 15) is 17.6 Å². The molecular weight excluding hydrogens is 441 g/mol. The maximum absolute atomic E-state index is 13.1. The summed E-state index contributed by atoms with van der Waals surface area (Å²) in [4.78, 5) is 17.2. The van der Waals surface area contributed by atoms with E-state index in [0.717, 1.165) is 28.1 Å². The molecule has 2 heterocycles. The number of hydrogen-bond donors (Lipinski definition) is 1. The van der Waals surface area contributed by atoms with Crippen LogP contribution in [0.5, 0.6) is 5.75 Å². The number of benzene rings is 2. The van der Waals surface area contributed by atoms with Crippen LogP contribution in [0, 0.1) is 11.7 Å². The number of halogens is 1. The second-order valence-electron chi connectivity index (χ2n) is 7.20. The monoisotopic (exact) mass is 463 g/mol. The Morgan fingerprint density at radius 1 is 1.23 bits per heavy atom. The van der Waals surface area contributed by atoms with Gasteiger partial charge in [0, 0.05) is 19.0 Å². The van der Waals surface area contributed by atoms with Gasteiger partial charge in [-0.3, -0.25) is 4.79 Å². The highest BCUT2D eigenvalue weighted by molar-refractivity contribution is 7.89. The summed E-state index contributed by atoms with van der Waals surface area (Å²) in [6, 6.07) is 10.4. The van der Waals surface area contributed by atoms with Crippen molar-refractivity contribution in [1.82, 2.24) is 9.29 Å². The van der Waals surface area contributed by atoms with Crippen LogP contribution in [0.1, 0.15) is 19.8 Å². The number of fused-ring (bicyclic) bond motifs is 1. The van der Waals surface area contributed by atoms with Gasteiger partial charge in [-0.25, -0.2) is 17.8 Å². The first-order chi connectivity index (χ1) is 14.9. The minimum atomic E-state index is -3.70. The van der Waals surface area contributed by atoms with Crippen molar-refractivity contribution < 1.29 is 22.3 Å². The summed E-state index contributed by atoms with van der Waals surface area (Å²) in [7, 11) is -3.70. The smallest absolute Gasteiger partial charge is 0.243 e. The first kappa shape index (κ1) is 21.7. The van der Waals surface area contributed by atoms with Crippen LogP contribution in [0.25, 0.3) is 10.2 Å². The lowest BCUT2D eigenvalue weighted by Gasteiger charge is -2.30. The minimum absolute atomic E-state index is 0.0534. The Kier molecular flexibility index (Phi) is 6.22. The Hall–Kier alpha value is -2.56. The van der Waals surface area contributed by atoms with Crippen molar-refractivity contribution in [3.8, 4) is 5.75 Å². The number of sulfonamides is 1. The number of aromatic nitrogens is 1. The molecule has 1 aliphatic rings. The van der Waals surface area contributed by atoms with Crippen molar-refractivity contribution in [3.63, 3.8) is 0 Å².